The van der Waals surface area contributed by atoms with Gasteiger partial charge < -0.3 is 9.57 Å². The van der Waals surface area contributed by atoms with Crippen LogP contribution in [-0.4, -0.2) is 29.5 Å². The van der Waals surface area contributed by atoms with Crippen LogP contribution in [0.5, 0.6) is 0 Å². The number of rotatable bonds is 3. The number of nitrogens with zero attached hydrogens (tertiary/aromatic N) is 3. The maximum atomic E-state index is 13.9. The summed E-state index contributed by atoms with van der Waals surface area (Å²) in [7, 11) is 1.27. The first kappa shape index (κ1) is 22.5. The number of para-hydroxylation sites is 1. The number of esters is 1. The molecular weight excluding hydrogens is 470 g/mol. The standard InChI is InChI=1S/C25H19N3O6S/c1-13-18(24(32)33-3)20(15-9-5-4-6-10-15)27-23(31)21(35-25(27)26-13)19-16-11-7-8-12-17(16)28(22(19)30)34-14(2)29/h4-12,20H,1-3H3/b21-19+/t20-/m1/s1. The van der Waals surface area contributed by atoms with Crippen LogP contribution in [0.25, 0.3) is 5.57 Å². The third-order valence-corrected chi connectivity index (χ3v) is 6.81. The largest absolute Gasteiger partial charge is 0.466 e. The molecule has 0 spiro atoms. The molecule has 1 amide bonds. The molecule has 176 valence electrons. The van der Waals surface area contributed by atoms with Crippen molar-refractivity contribution in [1.29, 1.82) is 0 Å². The van der Waals surface area contributed by atoms with E-state index < -0.39 is 29.4 Å². The van der Waals surface area contributed by atoms with E-state index in [1.807, 2.05) is 30.3 Å². The van der Waals surface area contributed by atoms with Crippen molar-refractivity contribution in [3.05, 3.63) is 96.7 Å². The van der Waals surface area contributed by atoms with Crippen molar-refractivity contribution in [2.24, 2.45) is 4.99 Å². The highest BCUT2D eigenvalue weighted by molar-refractivity contribution is 7.07. The van der Waals surface area contributed by atoms with Crippen LogP contribution in [0, 0.1) is 0 Å². The van der Waals surface area contributed by atoms with Gasteiger partial charge in [-0.1, -0.05) is 59.9 Å². The number of carbonyl (C=O) groups excluding carboxylic acids is 3. The molecule has 2 aliphatic rings. The lowest BCUT2D eigenvalue weighted by Crippen LogP contribution is -2.41. The predicted molar refractivity (Wildman–Crippen MR) is 127 cm³/mol. The Balaban J connectivity index is 1.82. The van der Waals surface area contributed by atoms with Crippen LogP contribution >= 0.6 is 11.3 Å². The maximum absolute atomic E-state index is 13.9. The number of carbonyl (C=O) groups is 3. The summed E-state index contributed by atoms with van der Waals surface area (Å²) < 4.78 is 6.55. The minimum absolute atomic E-state index is 0.109. The minimum Gasteiger partial charge on any atom is -0.466 e. The van der Waals surface area contributed by atoms with Crippen LogP contribution in [0.3, 0.4) is 0 Å². The Bertz CT molecular complexity index is 1620. The van der Waals surface area contributed by atoms with Crippen LogP contribution in [-0.2, 0) is 24.0 Å². The molecule has 35 heavy (non-hydrogen) atoms. The quantitative estimate of drug-likeness (QED) is 0.518. The Morgan fingerprint density at radius 2 is 1.71 bits per heavy atom. The summed E-state index contributed by atoms with van der Waals surface area (Å²) in [6, 6.07) is 15.0. The molecule has 2 aromatic carbocycles. The Morgan fingerprint density at radius 1 is 1.03 bits per heavy atom. The van der Waals surface area contributed by atoms with Crippen molar-refractivity contribution in [2.45, 2.75) is 19.9 Å². The van der Waals surface area contributed by atoms with E-state index in [0.29, 0.717) is 27.3 Å². The molecular formula is C25H19N3O6S. The number of aromatic nitrogens is 1. The van der Waals surface area contributed by atoms with Gasteiger partial charge in [-0.2, -0.15) is 0 Å². The summed E-state index contributed by atoms with van der Waals surface area (Å²) in [4.78, 5) is 61.6. The minimum atomic E-state index is -0.787. The van der Waals surface area contributed by atoms with Gasteiger partial charge in [0.1, 0.15) is 4.53 Å². The highest BCUT2D eigenvalue weighted by atomic mass is 32.1. The molecule has 3 aromatic rings. The van der Waals surface area contributed by atoms with Crippen LogP contribution in [0.15, 0.2) is 75.7 Å². The molecule has 0 saturated carbocycles. The fraction of sp³-hybridized carbons (Fsp3) is 0.160. The average molecular weight is 490 g/mol. The molecule has 0 N–H and O–H groups in total. The second-order valence-electron chi connectivity index (χ2n) is 7.88. The van der Waals surface area contributed by atoms with Gasteiger partial charge in [-0.05, 0) is 18.6 Å². The van der Waals surface area contributed by atoms with E-state index >= 15 is 0 Å². The zero-order valence-electron chi connectivity index (χ0n) is 19.0. The van der Waals surface area contributed by atoms with Crippen molar-refractivity contribution in [3.63, 3.8) is 0 Å². The molecule has 0 radical (unpaired) electrons. The first-order chi connectivity index (χ1) is 16.8. The molecule has 0 saturated heterocycles. The molecule has 0 bridgehead atoms. The van der Waals surface area contributed by atoms with E-state index in [-0.39, 0.29) is 15.7 Å². The molecule has 1 atom stereocenters. The first-order valence-electron chi connectivity index (χ1n) is 10.6. The van der Waals surface area contributed by atoms with Gasteiger partial charge in [-0.15, -0.1) is 5.06 Å². The molecule has 3 heterocycles. The third kappa shape index (κ3) is 3.50. The summed E-state index contributed by atoms with van der Waals surface area (Å²) >= 11 is 1.04. The lowest BCUT2D eigenvalue weighted by molar-refractivity contribution is -0.146. The highest BCUT2D eigenvalue weighted by Gasteiger charge is 2.38. The molecule has 9 nitrogen and oxygen atoms in total. The number of ether oxygens (including phenoxy) is 1. The SMILES string of the molecule is COC(=O)C1=C(C)N=c2s/c(=C3/C(=O)N(OC(C)=O)c4ccccc43)c(=O)n2[C@@H]1c1ccccc1. The Morgan fingerprint density at radius 3 is 2.40 bits per heavy atom. The number of amides is 1. The number of anilines is 1. The van der Waals surface area contributed by atoms with E-state index in [0.717, 1.165) is 16.4 Å². The normalized spacial score (nSPS) is 18.1. The second kappa shape index (κ2) is 8.48. The zero-order valence-corrected chi connectivity index (χ0v) is 19.8. The van der Waals surface area contributed by atoms with E-state index in [1.165, 1.54) is 18.6 Å². The van der Waals surface area contributed by atoms with Crippen molar-refractivity contribution < 1.29 is 24.0 Å². The topological polar surface area (TPSA) is 107 Å². The molecule has 0 fully saturated rings. The smallest absolute Gasteiger partial charge is 0.338 e. The van der Waals surface area contributed by atoms with Gasteiger partial charge in [0.2, 0.25) is 0 Å². The Kier molecular flexibility index (Phi) is 5.45. The summed E-state index contributed by atoms with van der Waals surface area (Å²) in [5.41, 5.74) is 1.80. The van der Waals surface area contributed by atoms with E-state index in [2.05, 4.69) is 4.99 Å². The number of allylic oxidation sites excluding steroid dienone is 1. The van der Waals surface area contributed by atoms with Gasteiger partial charge >= 0.3 is 11.9 Å². The van der Waals surface area contributed by atoms with Gasteiger partial charge in [-0.25, -0.2) is 14.6 Å². The zero-order chi connectivity index (χ0) is 24.9. The molecule has 2 aliphatic heterocycles. The maximum Gasteiger partial charge on any atom is 0.338 e. The molecule has 1 aromatic heterocycles. The van der Waals surface area contributed by atoms with E-state index in [9.17, 15) is 19.2 Å². The van der Waals surface area contributed by atoms with Gasteiger partial charge in [0.15, 0.2) is 4.80 Å². The summed E-state index contributed by atoms with van der Waals surface area (Å²) in [5, 5.41) is 0.894. The summed E-state index contributed by atoms with van der Waals surface area (Å²) in [6.07, 6.45) is 0. The predicted octanol–water partition coefficient (Wildman–Crippen LogP) is 1.60. The van der Waals surface area contributed by atoms with Gasteiger partial charge in [0, 0.05) is 12.5 Å². The number of thiazole rings is 1. The van der Waals surface area contributed by atoms with Crippen LogP contribution in [0.2, 0.25) is 0 Å². The number of hydrogen-bond acceptors (Lipinski definition) is 8. The van der Waals surface area contributed by atoms with Crippen molar-refractivity contribution in [3.8, 4) is 0 Å². The molecule has 5 rings (SSSR count). The monoisotopic (exact) mass is 489 g/mol. The lowest BCUT2D eigenvalue weighted by Gasteiger charge is -2.24. The fourth-order valence-electron chi connectivity index (χ4n) is 4.32. The highest BCUT2D eigenvalue weighted by Crippen LogP contribution is 2.35. The van der Waals surface area contributed by atoms with Crippen molar-refractivity contribution >= 4 is 40.4 Å². The van der Waals surface area contributed by atoms with Crippen molar-refractivity contribution in [1.82, 2.24) is 4.57 Å². The number of hydroxylamine groups is 1. The Labute approximate surface area is 202 Å². The molecule has 0 aliphatic carbocycles. The van der Waals surface area contributed by atoms with Gasteiger partial charge in [0.25, 0.3) is 11.5 Å². The van der Waals surface area contributed by atoms with E-state index in [4.69, 9.17) is 9.57 Å². The number of fused-ring (bicyclic) bond motifs is 2. The first-order valence-corrected chi connectivity index (χ1v) is 11.5. The van der Waals surface area contributed by atoms with E-state index in [1.54, 1.807) is 31.2 Å². The number of hydrogen-bond donors (Lipinski definition) is 0. The number of methoxy groups -OCH3 is 1. The van der Waals surface area contributed by atoms with Crippen LogP contribution in [0.1, 0.15) is 31.0 Å². The van der Waals surface area contributed by atoms with Gasteiger partial charge in [-0.3, -0.25) is 14.2 Å². The summed E-state index contributed by atoms with van der Waals surface area (Å²) in [5.74, 6) is -1.90. The fourth-order valence-corrected chi connectivity index (χ4v) is 5.46. The second-order valence-corrected chi connectivity index (χ2v) is 8.86. The summed E-state index contributed by atoms with van der Waals surface area (Å²) in [6.45, 7) is 2.87. The molecule has 0 unspecified atom stereocenters. The van der Waals surface area contributed by atoms with Crippen LogP contribution in [0.4, 0.5) is 5.69 Å². The lowest BCUT2D eigenvalue weighted by atomic mass is 9.96. The van der Waals surface area contributed by atoms with Crippen molar-refractivity contribution in [2.75, 3.05) is 12.2 Å². The average Bonchev–Trinajstić information content (AvgIpc) is 3.31. The Hall–Kier alpha value is -4.31. The number of benzene rings is 2. The third-order valence-electron chi connectivity index (χ3n) is 5.76. The van der Waals surface area contributed by atoms with Crippen LogP contribution < -0.4 is 20.0 Å². The van der Waals surface area contributed by atoms with Gasteiger partial charge in [0.05, 0.1) is 35.7 Å². The molecule has 10 heteroatoms.